The molecule has 0 aromatic rings. The van der Waals surface area contributed by atoms with Gasteiger partial charge in [0.25, 0.3) is 0 Å². The van der Waals surface area contributed by atoms with Crippen LogP contribution in [0.3, 0.4) is 0 Å². The number of ether oxygens (including phenoxy) is 2. The van der Waals surface area contributed by atoms with Gasteiger partial charge in [0, 0.05) is 5.41 Å². The predicted octanol–water partition coefficient (Wildman–Crippen LogP) is 2.93. The third-order valence-electron chi connectivity index (χ3n) is 3.90. The van der Waals surface area contributed by atoms with Gasteiger partial charge in [-0.2, -0.15) is 0 Å². The molecule has 0 radical (unpaired) electrons. The zero-order valence-corrected chi connectivity index (χ0v) is 9.71. The lowest BCUT2D eigenvalue weighted by Crippen LogP contribution is -2.43. The van der Waals surface area contributed by atoms with E-state index < -0.39 is 0 Å². The Morgan fingerprint density at radius 1 is 1.27 bits per heavy atom. The summed E-state index contributed by atoms with van der Waals surface area (Å²) >= 11 is 0. The van der Waals surface area contributed by atoms with Crippen molar-refractivity contribution in [2.45, 2.75) is 51.2 Å². The number of rotatable bonds is 2. The van der Waals surface area contributed by atoms with Crippen LogP contribution in [0.5, 0.6) is 0 Å². The first-order valence-electron chi connectivity index (χ1n) is 6.14. The van der Waals surface area contributed by atoms with Crippen molar-refractivity contribution < 1.29 is 9.47 Å². The molecule has 3 atom stereocenters. The maximum absolute atomic E-state index is 5.88. The lowest BCUT2D eigenvalue weighted by atomic mass is 9.75. The third-order valence-corrected chi connectivity index (χ3v) is 3.90. The average molecular weight is 210 g/mol. The zero-order chi connectivity index (χ0) is 10.7. The van der Waals surface area contributed by atoms with Crippen LogP contribution in [0.25, 0.3) is 0 Å². The molecule has 2 aliphatic heterocycles. The van der Waals surface area contributed by atoms with Crippen LogP contribution >= 0.6 is 0 Å². The topological polar surface area (TPSA) is 18.5 Å². The second-order valence-electron chi connectivity index (χ2n) is 5.00. The summed E-state index contributed by atoms with van der Waals surface area (Å²) in [4.78, 5) is 0. The quantitative estimate of drug-likeness (QED) is 0.652. The van der Waals surface area contributed by atoms with E-state index >= 15 is 0 Å². The van der Waals surface area contributed by atoms with Crippen LogP contribution in [-0.2, 0) is 9.47 Å². The molecule has 0 N–H and O–H groups in total. The molecule has 2 aliphatic rings. The molecule has 2 rings (SSSR count). The maximum atomic E-state index is 5.88. The molecule has 0 aliphatic carbocycles. The second-order valence-corrected chi connectivity index (χ2v) is 5.00. The molecule has 0 saturated carbocycles. The molecule has 2 fully saturated rings. The molecule has 0 bridgehead atoms. The molecule has 0 aromatic heterocycles. The first-order valence-corrected chi connectivity index (χ1v) is 6.14. The first kappa shape index (κ1) is 11.2. The molecule has 3 unspecified atom stereocenters. The Balaban J connectivity index is 1.86. The fourth-order valence-corrected chi connectivity index (χ4v) is 2.62. The van der Waals surface area contributed by atoms with Gasteiger partial charge in [-0.3, -0.25) is 0 Å². The fourth-order valence-electron chi connectivity index (χ4n) is 2.62. The summed E-state index contributed by atoms with van der Waals surface area (Å²) < 4.78 is 11.7. The Kier molecular flexibility index (Phi) is 3.47. The van der Waals surface area contributed by atoms with E-state index in [-0.39, 0.29) is 6.10 Å². The third kappa shape index (κ3) is 2.43. The summed E-state index contributed by atoms with van der Waals surface area (Å²) in [5.41, 5.74) is 0.325. The van der Waals surface area contributed by atoms with Gasteiger partial charge >= 0.3 is 0 Å². The molecule has 15 heavy (non-hydrogen) atoms. The van der Waals surface area contributed by atoms with Gasteiger partial charge in [-0.05, 0) is 32.1 Å². The van der Waals surface area contributed by atoms with Crippen LogP contribution in [0.2, 0.25) is 0 Å². The SMILES string of the molecule is C=CC1CCC2(CCC(CC)OC2)CO1. The minimum Gasteiger partial charge on any atom is -0.378 e. The van der Waals surface area contributed by atoms with Gasteiger partial charge in [-0.25, -0.2) is 0 Å². The van der Waals surface area contributed by atoms with E-state index in [1.54, 1.807) is 0 Å². The summed E-state index contributed by atoms with van der Waals surface area (Å²) in [6.07, 6.45) is 8.67. The van der Waals surface area contributed by atoms with Crippen molar-refractivity contribution in [1.82, 2.24) is 0 Å². The Morgan fingerprint density at radius 2 is 2.00 bits per heavy atom. The molecule has 1 spiro atoms. The lowest BCUT2D eigenvalue weighted by Gasteiger charge is -2.43. The summed E-state index contributed by atoms with van der Waals surface area (Å²) in [7, 11) is 0. The summed E-state index contributed by atoms with van der Waals surface area (Å²) in [5.74, 6) is 0. The van der Waals surface area contributed by atoms with E-state index in [4.69, 9.17) is 9.47 Å². The maximum Gasteiger partial charge on any atom is 0.0753 e. The summed E-state index contributed by atoms with van der Waals surface area (Å²) in [6, 6.07) is 0. The van der Waals surface area contributed by atoms with Crippen LogP contribution in [0.15, 0.2) is 12.7 Å². The molecular formula is C13H22O2. The van der Waals surface area contributed by atoms with Crippen LogP contribution in [0.1, 0.15) is 39.0 Å². The number of hydrogen-bond donors (Lipinski definition) is 0. The first-order chi connectivity index (χ1) is 7.28. The Morgan fingerprint density at radius 3 is 2.47 bits per heavy atom. The van der Waals surface area contributed by atoms with Crippen molar-refractivity contribution in [3.63, 3.8) is 0 Å². The van der Waals surface area contributed by atoms with E-state index in [9.17, 15) is 0 Å². The van der Waals surface area contributed by atoms with Crippen molar-refractivity contribution >= 4 is 0 Å². The van der Waals surface area contributed by atoms with Gasteiger partial charge in [0.15, 0.2) is 0 Å². The molecule has 2 saturated heterocycles. The predicted molar refractivity (Wildman–Crippen MR) is 60.9 cm³/mol. The van der Waals surface area contributed by atoms with Crippen molar-refractivity contribution in [3.8, 4) is 0 Å². The Labute approximate surface area is 92.6 Å². The van der Waals surface area contributed by atoms with Crippen LogP contribution in [-0.4, -0.2) is 25.4 Å². The highest BCUT2D eigenvalue weighted by molar-refractivity contribution is 4.92. The molecule has 0 aromatic carbocycles. The van der Waals surface area contributed by atoms with Gasteiger partial charge in [0.05, 0.1) is 25.4 Å². The standard InChI is InChI=1S/C13H22O2/c1-3-11-5-7-13(9-14-11)8-6-12(4-2)15-10-13/h3,11-12H,1,4-10H2,2H3. The largest absolute Gasteiger partial charge is 0.378 e. The van der Waals surface area contributed by atoms with Crippen molar-refractivity contribution in [1.29, 1.82) is 0 Å². The van der Waals surface area contributed by atoms with Crippen molar-refractivity contribution in [2.24, 2.45) is 5.41 Å². The van der Waals surface area contributed by atoms with Crippen LogP contribution in [0, 0.1) is 5.41 Å². The molecule has 2 nitrogen and oxygen atoms in total. The molecule has 86 valence electrons. The minimum absolute atomic E-state index is 0.277. The normalized spacial score (nSPS) is 41.7. The number of hydrogen-bond acceptors (Lipinski definition) is 2. The van der Waals surface area contributed by atoms with Crippen molar-refractivity contribution in [3.05, 3.63) is 12.7 Å². The van der Waals surface area contributed by atoms with Gasteiger partial charge < -0.3 is 9.47 Å². The molecule has 2 heteroatoms. The highest BCUT2D eigenvalue weighted by atomic mass is 16.5. The minimum atomic E-state index is 0.277. The Hall–Kier alpha value is -0.340. The fraction of sp³-hybridized carbons (Fsp3) is 0.846. The van der Waals surface area contributed by atoms with Gasteiger partial charge in [-0.15, -0.1) is 6.58 Å². The molecule has 0 amide bonds. The van der Waals surface area contributed by atoms with E-state index in [0.29, 0.717) is 11.5 Å². The van der Waals surface area contributed by atoms with E-state index in [0.717, 1.165) is 26.1 Å². The van der Waals surface area contributed by atoms with E-state index in [1.807, 2.05) is 6.08 Å². The lowest BCUT2D eigenvalue weighted by molar-refractivity contribution is -0.131. The van der Waals surface area contributed by atoms with E-state index in [1.165, 1.54) is 19.3 Å². The summed E-state index contributed by atoms with van der Waals surface area (Å²) in [6.45, 7) is 7.75. The van der Waals surface area contributed by atoms with Gasteiger partial charge in [-0.1, -0.05) is 13.0 Å². The van der Waals surface area contributed by atoms with Gasteiger partial charge in [0.1, 0.15) is 0 Å². The Bertz CT molecular complexity index is 207. The van der Waals surface area contributed by atoms with E-state index in [2.05, 4.69) is 13.5 Å². The average Bonchev–Trinajstić information content (AvgIpc) is 2.31. The van der Waals surface area contributed by atoms with Crippen molar-refractivity contribution in [2.75, 3.05) is 13.2 Å². The second kappa shape index (κ2) is 4.67. The molecular weight excluding hydrogens is 188 g/mol. The highest BCUT2D eigenvalue weighted by Crippen LogP contribution is 2.40. The van der Waals surface area contributed by atoms with Gasteiger partial charge in [0.2, 0.25) is 0 Å². The van der Waals surface area contributed by atoms with Crippen LogP contribution < -0.4 is 0 Å². The summed E-state index contributed by atoms with van der Waals surface area (Å²) in [5, 5.41) is 0. The molecule has 2 heterocycles. The monoisotopic (exact) mass is 210 g/mol. The zero-order valence-electron chi connectivity index (χ0n) is 9.71. The smallest absolute Gasteiger partial charge is 0.0753 e. The van der Waals surface area contributed by atoms with Crippen LogP contribution in [0.4, 0.5) is 0 Å². The highest BCUT2D eigenvalue weighted by Gasteiger charge is 2.39.